The molecule has 0 radical (unpaired) electrons. The lowest BCUT2D eigenvalue weighted by molar-refractivity contribution is 0.0811. The van der Waals surface area contributed by atoms with Gasteiger partial charge in [-0.1, -0.05) is 18.9 Å². The highest BCUT2D eigenvalue weighted by Gasteiger charge is 2.44. The first-order valence-electron chi connectivity index (χ1n) is 7.27. The maximum atomic E-state index is 5.31. The molecule has 1 aromatic carbocycles. The Balaban J connectivity index is 1.77. The van der Waals surface area contributed by atoms with Gasteiger partial charge in [0.1, 0.15) is 5.75 Å². The van der Waals surface area contributed by atoms with Crippen molar-refractivity contribution in [1.29, 1.82) is 0 Å². The molecule has 104 valence electrons. The molecule has 1 aliphatic heterocycles. The summed E-state index contributed by atoms with van der Waals surface area (Å²) in [6.07, 6.45) is 6.92. The molecular formula is C16H22BrNO. The Kier molecular flexibility index (Phi) is 3.86. The number of rotatable bonds is 4. The van der Waals surface area contributed by atoms with Crippen molar-refractivity contribution < 1.29 is 4.74 Å². The van der Waals surface area contributed by atoms with Crippen LogP contribution in [0.4, 0.5) is 0 Å². The minimum Gasteiger partial charge on any atom is -0.496 e. The lowest BCUT2D eigenvalue weighted by Crippen LogP contribution is -2.58. The van der Waals surface area contributed by atoms with Gasteiger partial charge >= 0.3 is 0 Å². The lowest BCUT2D eigenvalue weighted by Gasteiger charge is -2.48. The zero-order valence-electron chi connectivity index (χ0n) is 11.5. The summed E-state index contributed by atoms with van der Waals surface area (Å²) in [6.45, 7) is 2.39. The molecule has 0 amide bonds. The first-order chi connectivity index (χ1) is 9.23. The Bertz CT molecular complexity index is 450. The number of halogens is 1. The molecule has 3 heteroatoms. The number of hydrogen-bond donors (Lipinski definition) is 1. The van der Waals surface area contributed by atoms with Crippen LogP contribution in [0.3, 0.4) is 0 Å². The Hall–Kier alpha value is -0.540. The van der Waals surface area contributed by atoms with E-state index in [0.29, 0.717) is 5.41 Å². The lowest BCUT2D eigenvalue weighted by atomic mass is 9.66. The van der Waals surface area contributed by atoms with Gasteiger partial charge in [-0.25, -0.2) is 0 Å². The fourth-order valence-corrected chi connectivity index (χ4v) is 4.36. The van der Waals surface area contributed by atoms with Crippen molar-refractivity contribution in [3.8, 4) is 5.75 Å². The van der Waals surface area contributed by atoms with Crippen molar-refractivity contribution >= 4 is 15.9 Å². The fourth-order valence-electron chi connectivity index (χ4n) is 3.77. The number of hydrogen-bond acceptors (Lipinski definition) is 2. The highest BCUT2D eigenvalue weighted by molar-refractivity contribution is 9.10. The molecule has 1 aliphatic carbocycles. The van der Waals surface area contributed by atoms with Crippen molar-refractivity contribution in [2.45, 2.75) is 32.1 Å². The van der Waals surface area contributed by atoms with Crippen LogP contribution in [0.15, 0.2) is 22.7 Å². The zero-order chi connectivity index (χ0) is 13.3. The molecule has 3 rings (SSSR count). The maximum Gasteiger partial charge on any atom is 0.133 e. The van der Waals surface area contributed by atoms with Crippen LogP contribution in [-0.2, 0) is 6.42 Å². The van der Waals surface area contributed by atoms with Crippen LogP contribution in [0.5, 0.6) is 5.75 Å². The Labute approximate surface area is 124 Å². The van der Waals surface area contributed by atoms with Gasteiger partial charge in [-0.05, 0) is 58.8 Å². The van der Waals surface area contributed by atoms with E-state index in [4.69, 9.17) is 4.74 Å². The molecule has 1 N–H and O–H groups in total. The predicted molar refractivity (Wildman–Crippen MR) is 81.7 cm³/mol. The first-order valence-corrected chi connectivity index (χ1v) is 8.06. The van der Waals surface area contributed by atoms with Crippen LogP contribution in [0, 0.1) is 11.3 Å². The maximum absolute atomic E-state index is 5.31. The van der Waals surface area contributed by atoms with Gasteiger partial charge in [0.05, 0.1) is 11.6 Å². The summed E-state index contributed by atoms with van der Waals surface area (Å²) in [5, 5.41) is 3.50. The quantitative estimate of drug-likeness (QED) is 0.910. The largest absolute Gasteiger partial charge is 0.496 e. The van der Waals surface area contributed by atoms with E-state index in [-0.39, 0.29) is 0 Å². The molecule has 1 saturated carbocycles. The van der Waals surface area contributed by atoms with Crippen molar-refractivity contribution in [1.82, 2.24) is 5.32 Å². The van der Waals surface area contributed by atoms with Crippen LogP contribution < -0.4 is 10.1 Å². The van der Waals surface area contributed by atoms with E-state index in [1.54, 1.807) is 7.11 Å². The van der Waals surface area contributed by atoms with Crippen molar-refractivity contribution in [2.75, 3.05) is 20.2 Å². The minimum atomic E-state index is 0.518. The van der Waals surface area contributed by atoms with Gasteiger partial charge in [-0.15, -0.1) is 0 Å². The van der Waals surface area contributed by atoms with E-state index in [9.17, 15) is 0 Å². The third-order valence-electron chi connectivity index (χ3n) is 4.95. The van der Waals surface area contributed by atoms with Gasteiger partial charge in [-0.3, -0.25) is 0 Å². The van der Waals surface area contributed by atoms with E-state index in [0.717, 1.165) is 16.1 Å². The first kappa shape index (κ1) is 13.4. The summed E-state index contributed by atoms with van der Waals surface area (Å²) < 4.78 is 6.38. The van der Waals surface area contributed by atoms with Gasteiger partial charge in [0.2, 0.25) is 0 Å². The molecule has 0 bridgehead atoms. The van der Waals surface area contributed by atoms with Crippen molar-refractivity contribution in [2.24, 2.45) is 11.3 Å². The normalized spacial score (nSPS) is 22.2. The predicted octanol–water partition coefficient (Wildman–Crippen LogP) is 3.78. The van der Waals surface area contributed by atoms with Gasteiger partial charge in [0, 0.05) is 18.5 Å². The number of ether oxygens (including phenoxy) is 1. The number of nitrogens with one attached hydrogen (secondary N) is 1. The van der Waals surface area contributed by atoms with Crippen LogP contribution in [0.2, 0.25) is 0 Å². The van der Waals surface area contributed by atoms with Gasteiger partial charge in [0.25, 0.3) is 0 Å². The summed E-state index contributed by atoms with van der Waals surface area (Å²) in [7, 11) is 1.72. The molecule has 0 spiro atoms. The fraction of sp³-hybridized carbons (Fsp3) is 0.625. The molecule has 1 heterocycles. The average Bonchev–Trinajstić information content (AvgIpc) is 2.88. The Morgan fingerprint density at radius 2 is 2.05 bits per heavy atom. The topological polar surface area (TPSA) is 21.3 Å². The summed E-state index contributed by atoms with van der Waals surface area (Å²) in [6, 6.07) is 6.53. The molecule has 2 aliphatic rings. The summed E-state index contributed by atoms with van der Waals surface area (Å²) in [5.41, 5.74) is 1.95. The van der Waals surface area contributed by atoms with E-state index >= 15 is 0 Å². The number of methoxy groups -OCH3 is 1. The summed E-state index contributed by atoms with van der Waals surface area (Å²) >= 11 is 3.60. The molecule has 1 aromatic rings. The van der Waals surface area contributed by atoms with Gasteiger partial charge in [0.15, 0.2) is 0 Å². The highest BCUT2D eigenvalue weighted by Crippen LogP contribution is 2.45. The monoisotopic (exact) mass is 323 g/mol. The second-order valence-electron chi connectivity index (χ2n) is 6.09. The molecule has 19 heavy (non-hydrogen) atoms. The van der Waals surface area contributed by atoms with E-state index in [2.05, 4.69) is 39.4 Å². The summed E-state index contributed by atoms with van der Waals surface area (Å²) in [4.78, 5) is 0. The van der Waals surface area contributed by atoms with Crippen LogP contribution >= 0.6 is 15.9 Å². The van der Waals surface area contributed by atoms with E-state index in [1.807, 2.05) is 0 Å². The van der Waals surface area contributed by atoms with Crippen LogP contribution in [0.1, 0.15) is 31.2 Å². The SMILES string of the molecule is COc1ccc(CC2(C3CCCC3)CNC2)cc1Br. The third kappa shape index (κ3) is 2.55. The highest BCUT2D eigenvalue weighted by atomic mass is 79.9. The average molecular weight is 324 g/mol. The molecule has 2 nitrogen and oxygen atoms in total. The molecule has 1 saturated heterocycles. The number of benzene rings is 1. The molecule has 0 unspecified atom stereocenters. The third-order valence-corrected chi connectivity index (χ3v) is 5.57. The Morgan fingerprint density at radius 3 is 2.58 bits per heavy atom. The van der Waals surface area contributed by atoms with Crippen molar-refractivity contribution in [3.63, 3.8) is 0 Å². The summed E-state index contributed by atoms with van der Waals surface area (Å²) in [5.74, 6) is 1.85. The molecule has 2 fully saturated rings. The van der Waals surface area contributed by atoms with Crippen molar-refractivity contribution in [3.05, 3.63) is 28.2 Å². The van der Waals surface area contributed by atoms with E-state index < -0.39 is 0 Å². The molecular weight excluding hydrogens is 302 g/mol. The van der Waals surface area contributed by atoms with Gasteiger partial charge < -0.3 is 10.1 Å². The van der Waals surface area contributed by atoms with Crippen LogP contribution in [-0.4, -0.2) is 20.2 Å². The zero-order valence-corrected chi connectivity index (χ0v) is 13.1. The molecule has 0 aromatic heterocycles. The minimum absolute atomic E-state index is 0.518. The second kappa shape index (κ2) is 5.45. The van der Waals surface area contributed by atoms with Gasteiger partial charge in [-0.2, -0.15) is 0 Å². The molecule has 0 atom stereocenters. The second-order valence-corrected chi connectivity index (χ2v) is 6.95. The standard InChI is InChI=1S/C16H22BrNO/c1-19-15-7-6-12(8-14(15)17)9-16(10-18-11-16)13-4-2-3-5-13/h6-8,13,18H,2-5,9-11H2,1H3. The van der Waals surface area contributed by atoms with E-state index in [1.165, 1.54) is 50.8 Å². The van der Waals surface area contributed by atoms with Crippen LogP contribution in [0.25, 0.3) is 0 Å². The smallest absolute Gasteiger partial charge is 0.133 e. The Morgan fingerprint density at radius 1 is 1.32 bits per heavy atom.